The fourth-order valence-electron chi connectivity index (χ4n) is 2.85. The van der Waals surface area contributed by atoms with E-state index in [0.29, 0.717) is 26.7 Å². The van der Waals surface area contributed by atoms with E-state index >= 15 is 0 Å². The Bertz CT molecular complexity index is 1230. The third-order valence-corrected chi connectivity index (χ3v) is 5.48. The van der Waals surface area contributed by atoms with Crippen molar-refractivity contribution >= 4 is 54.8 Å². The van der Waals surface area contributed by atoms with E-state index in [1.165, 1.54) is 29.3 Å². The first-order valence-electron chi connectivity index (χ1n) is 8.07. The first kappa shape index (κ1) is 17.5. The predicted molar refractivity (Wildman–Crippen MR) is 108 cm³/mol. The largest absolute Gasteiger partial charge is 0.495 e. The van der Waals surface area contributed by atoms with Gasteiger partial charge in [-0.05, 0) is 24.3 Å². The molecule has 4 aromatic rings. The van der Waals surface area contributed by atoms with Gasteiger partial charge in [0.2, 0.25) is 5.91 Å². The van der Waals surface area contributed by atoms with Gasteiger partial charge in [0, 0.05) is 15.1 Å². The zero-order chi connectivity index (χ0) is 19.0. The molecule has 6 nitrogen and oxygen atoms in total. The Balaban J connectivity index is 1.64. The minimum absolute atomic E-state index is 0.161. The number of halogens is 1. The van der Waals surface area contributed by atoms with Crippen molar-refractivity contribution < 1.29 is 9.53 Å². The molecule has 0 aliphatic heterocycles. The smallest absolute Gasteiger partial charge is 0.271 e. The molecule has 0 saturated heterocycles. The van der Waals surface area contributed by atoms with E-state index in [0.717, 1.165) is 10.1 Å². The number of fused-ring (bicyclic) bond motifs is 3. The maximum absolute atomic E-state index is 12.8. The average molecular weight is 400 g/mol. The van der Waals surface area contributed by atoms with Crippen molar-refractivity contribution in [2.24, 2.45) is 0 Å². The summed E-state index contributed by atoms with van der Waals surface area (Å²) in [5.41, 5.74) is 0.863. The molecule has 0 aliphatic carbocycles. The van der Waals surface area contributed by atoms with Crippen molar-refractivity contribution in [1.29, 1.82) is 0 Å². The van der Waals surface area contributed by atoms with E-state index < -0.39 is 0 Å². The van der Waals surface area contributed by atoms with E-state index in [4.69, 9.17) is 16.3 Å². The SMILES string of the molecule is COc1ccc(Cl)cc1NC(=O)Cn1cnc2c(sc3ccccc32)c1=O. The molecule has 2 aromatic carbocycles. The maximum atomic E-state index is 12.8. The molecule has 136 valence electrons. The molecule has 0 fully saturated rings. The highest BCUT2D eigenvalue weighted by molar-refractivity contribution is 7.25. The Kier molecular flexibility index (Phi) is 4.55. The molecule has 1 N–H and O–H groups in total. The lowest BCUT2D eigenvalue weighted by atomic mass is 10.2. The molecule has 0 spiro atoms. The number of carbonyl (C=O) groups excluding carboxylic acids is 1. The second kappa shape index (κ2) is 7.02. The summed E-state index contributed by atoms with van der Waals surface area (Å²) in [4.78, 5) is 29.6. The molecule has 4 rings (SSSR count). The van der Waals surface area contributed by atoms with E-state index in [-0.39, 0.29) is 18.0 Å². The normalized spacial score (nSPS) is 11.0. The monoisotopic (exact) mass is 399 g/mol. The third kappa shape index (κ3) is 3.27. The fourth-order valence-corrected chi connectivity index (χ4v) is 4.13. The quantitative estimate of drug-likeness (QED) is 0.564. The van der Waals surface area contributed by atoms with Gasteiger partial charge in [0.05, 0.1) is 24.6 Å². The lowest BCUT2D eigenvalue weighted by molar-refractivity contribution is -0.116. The van der Waals surface area contributed by atoms with Crippen molar-refractivity contribution in [2.45, 2.75) is 6.54 Å². The third-order valence-electron chi connectivity index (χ3n) is 4.10. The molecule has 0 unspecified atom stereocenters. The van der Waals surface area contributed by atoms with Crippen LogP contribution in [0.25, 0.3) is 20.3 Å². The summed E-state index contributed by atoms with van der Waals surface area (Å²) in [5.74, 6) is 0.109. The number of aromatic nitrogens is 2. The zero-order valence-electron chi connectivity index (χ0n) is 14.2. The maximum Gasteiger partial charge on any atom is 0.271 e. The van der Waals surface area contributed by atoms with Gasteiger partial charge in [-0.2, -0.15) is 0 Å². The number of nitrogens with zero attached hydrogens (tertiary/aromatic N) is 2. The summed E-state index contributed by atoms with van der Waals surface area (Å²) in [6.07, 6.45) is 1.40. The first-order valence-corrected chi connectivity index (χ1v) is 9.26. The van der Waals surface area contributed by atoms with Gasteiger partial charge in [-0.25, -0.2) is 4.98 Å². The molecule has 2 heterocycles. The highest BCUT2D eigenvalue weighted by Crippen LogP contribution is 2.30. The topological polar surface area (TPSA) is 73.2 Å². The average Bonchev–Trinajstić information content (AvgIpc) is 3.04. The minimum atomic E-state index is -0.375. The highest BCUT2D eigenvalue weighted by atomic mass is 35.5. The van der Waals surface area contributed by atoms with Crippen LogP contribution in [0.1, 0.15) is 0 Å². The lowest BCUT2D eigenvalue weighted by Crippen LogP contribution is -2.27. The second-order valence-corrected chi connectivity index (χ2v) is 7.33. The Labute approximate surface area is 163 Å². The van der Waals surface area contributed by atoms with Gasteiger partial charge in [-0.15, -0.1) is 11.3 Å². The zero-order valence-corrected chi connectivity index (χ0v) is 15.8. The van der Waals surface area contributed by atoms with Gasteiger partial charge in [0.1, 0.15) is 17.0 Å². The number of methoxy groups -OCH3 is 1. The number of thiophene rings is 1. The molecule has 0 bridgehead atoms. The summed E-state index contributed by atoms with van der Waals surface area (Å²) in [5, 5.41) is 4.13. The van der Waals surface area contributed by atoms with Gasteiger partial charge in [0.15, 0.2) is 0 Å². The predicted octanol–water partition coefficient (Wildman–Crippen LogP) is 3.91. The van der Waals surface area contributed by atoms with Crippen LogP contribution >= 0.6 is 22.9 Å². The molecule has 0 aliphatic rings. The molecule has 8 heteroatoms. The van der Waals surface area contributed by atoms with E-state index in [1.54, 1.807) is 18.2 Å². The Morgan fingerprint density at radius 1 is 1.30 bits per heavy atom. The first-order chi connectivity index (χ1) is 13.1. The molecular weight excluding hydrogens is 386 g/mol. The Hall–Kier alpha value is -2.90. The Morgan fingerprint density at radius 3 is 2.93 bits per heavy atom. The van der Waals surface area contributed by atoms with Crippen LogP contribution in [-0.2, 0) is 11.3 Å². The number of hydrogen-bond donors (Lipinski definition) is 1. The van der Waals surface area contributed by atoms with Crippen LogP contribution in [0.4, 0.5) is 5.69 Å². The summed E-state index contributed by atoms with van der Waals surface area (Å²) in [6, 6.07) is 12.6. The number of carbonyl (C=O) groups is 1. The number of nitrogens with one attached hydrogen (secondary N) is 1. The van der Waals surface area contributed by atoms with Gasteiger partial charge in [-0.3, -0.25) is 14.2 Å². The van der Waals surface area contributed by atoms with Gasteiger partial charge >= 0.3 is 0 Å². The van der Waals surface area contributed by atoms with Gasteiger partial charge < -0.3 is 10.1 Å². The van der Waals surface area contributed by atoms with E-state index in [2.05, 4.69) is 10.3 Å². The van der Waals surface area contributed by atoms with Crippen molar-refractivity contribution in [3.63, 3.8) is 0 Å². The highest BCUT2D eigenvalue weighted by Gasteiger charge is 2.14. The van der Waals surface area contributed by atoms with Gasteiger partial charge in [-0.1, -0.05) is 29.8 Å². The van der Waals surface area contributed by atoms with Crippen LogP contribution in [-0.4, -0.2) is 22.6 Å². The van der Waals surface area contributed by atoms with Crippen LogP contribution in [0.5, 0.6) is 5.75 Å². The van der Waals surface area contributed by atoms with E-state index in [1.807, 2.05) is 24.3 Å². The lowest BCUT2D eigenvalue weighted by Gasteiger charge is -2.11. The molecule has 0 saturated carbocycles. The number of rotatable bonds is 4. The number of hydrogen-bond acceptors (Lipinski definition) is 5. The van der Waals surface area contributed by atoms with Gasteiger partial charge in [0.25, 0.3) is 5.56 Å². The molecule has 2 aromatic heterocycles. The van der Waals surface area contributed by atoms with Crippen LogP contribution in [0.15, 0.2) is 53.6 Å². The number of benzene rings is 2. The fraction of sp³-hybridized carbons (Fsp3) is 0.105. The van der Waals surface area contributed by atoms with Crippen molar-refractivity contribution in [2.75, 3.05) is 12.4 Å². The minimum Gasteiger partial charge on any atom is -0.495 e. The summed E-state index contributed by atoms with van der Waals surface area (Å²) in [7, 11) is 1.50. The summed E-state index contributed by atoms with van der Waals surface area (Å²) < 4.78 is 8.03. The molecule has 0 atom stereocenters. The molecular formula is C19H14ClN3O3S. The van der Waals surface area contributed by atoms with Crippen LogP contribution in [0, 0.1) is 0 Å². The van der Waals surface area contributed by atoms with Crippen molar-refractivity contribution in [3.05, 3.63) is 64.2 Å². The van der Waals surface area contributed by atoms with E-state index in [9.17, 15) is 9.59 Å². The summed E-state index contributed by atoms with van der Waals surface area (Å²) in [6.45, 7) is -0.161. The number of ether oxygens (including phenoxy) is 1. The molecule has 1 amide bonds. The molecule has 0 radical (unpaired) electrons. The van der Waals surface area contributed by atoms with Crippen LogP contribution in [0.2, 0.25) is 5.02 Å². The number of amides is 1. The van der Waals surface area contributed by atoms with Crippen molar-refractivity contribution in [1.82, 2.24) is 9.55 Å². The molecule has 27 heavy (non-hydrogen) atoms. The van der Waals surface area contributed by atoms with Crippen LogP contribution in [0.3, 0.4) is 0 Å². The standard InChI is InChI=1S/C19H14ClN3O3S/c1-26-14-7-6-11(20)8-13(14)22-16(24)9-23-10-21-17-12-4-2-3-5-15(12)27-18(17)19(23)25/h2-8,10H,9H2,1H3,(H,22,24). The summed E-state index contributed by atoms with van der Waals surface area (Å²) >= 11 is 7.35. The number of anilines is 1. The van der Waals surface area contributed by atoms with Crippen LogP contribution < -0.4 is 15.6 Å². The second-order valence-electron chi connectivity index (χ2n) is 5.85. The van der Waals surface area contributed by atoms with Crippen molar-refractivity contribution in [3.8, 4) is 5.75 Å². The Morgan fingerprint density at radius 2 is 2.11 bits per heavy atom.